The zero-order valence-corrected chi connectivity index (χ0v) is 8.18. The van der Waals surface area contributed by atoms with E-state index in [1.807, 2.05) is 0 Å². The van der Waals surface area contributed by atoms with Crippen molar-refractivity contribution >= 4 is 0 Å². The highest BCUT2D eigenvalue weighted by Crippen LogP contribution is 2.24. The van der Waals surface area contributed by atoms with Crippen LogP contribution < -0.4 is 5.32 Å². The fourth-order valence-electron chi connectivity index (χ4n) is 1.25. The van der Waals surface area contributed by atoms with E-state index in [1.165, 1.54) is 12.8 Å². The molecule has 3 nitrogen and oxygen atoms in total. The van der Waals surface area contributed by atoms with Gasteiger partial charge in [-0.25, -0.2) is 0 Å². The van der Waals surface area contributed by atoms with Crippen molar-refractivity contribution in [2.45, 2.75) is 18.9 Å². The summed E-state index contributed by atoms with van der Waals surface area (Å²) in [6, 6.07) is 0.884. The summed E-state index contributed by atoms with van der Waals surface area (Å²) in [6.45, 7) is 4.02. The molecule has 0 aromatic heterocycles. The van der Waals surface area contributed by atoms with Crippen LogP contribution in [-0.2, 0) is 4.74 Å². The summed E-state index contributed by atoms with van der Waals surface area (Å²) in [5, 5.41) is 3.33. The van der Waals surface area contributed by atoms with Crippen LogP contribution in [0.4, 0.5) is 0 Å². The minimum atomic E-state index is 0.813. The second-order valence-corrected chi connectivity index (χ2v) is 3.45. The summed E-state index contributed by atoms with van der Waals surface area (Å²) in [7, 11) is 3.94. The molecule has 1 aliphatic carbocycles. The van der Waals surface area contributed by atoms with Crippen molar-refractivity contribution in [3.8, 4) is 0 Å². The highest BCUT2D eigenvalue weighted by atomic mass is 16.5. The number of nitrogens with one attached hydrogen (secondary N) is 1. The van der Waals surface area contributed by atoms with Crippen LogP contribution in [0.15, 0.2) is 0 Å². The van der Waals surface area contributed by atoms with E-state index in [2.05, 4.69) is 17.3 Å². The number of likely N-dealkylation sites (N-methyl/N-ethyl adjacent to an activating group) is 1. The molecule has 0 aliphatic heterocycles. The fourth-order valence-corrected chi connectivity index (χ4v) is 1.25. The average molecular weight is 172 g/mol. The quantitative estimate of drug-likeness (QED) is 0.560. The van der Waals surface area contributed by atoms with Crippen molar-refractivity contribution < 1.29 is 4.74 Å². The van der Waals surface area contributed by atoms with Crippen LogP contribution in [0.3, 0.4) is 0 Å². The SMILES string of the molecule is COCCNCCN(C)C1CC1. The van der Waals surface area contributed by atoms with Crippen molar-refractivity contribution in [2.75, 3.05) is 40.4 Å². The van der Waals surface area contributed by atoms with Gasteiger partial charge in [-0.05, 0) is 19.9 Å². The summed E-state index contributed by atoms with van der Waals surface area (Å²) in [5.41, 5.74) is 0. The van der Waals surface area contributed by atoms with Gasteiger partial charge in [0.25, 0.3) is 0 Å². The van der Waals surface area contributed by atoms with Crippen LogP contribution in [0.1, 0.15) is 12.8 Å². The molecule has 0 spiro atoms. The smallest absolute Gasteiger partial charge is 0.0587 e. The van der Waals surface area contributed by atoms with Crippen LogP contribution in [0.5, 0.6) is 0 Å². The predicted octanol–water partition coefficient (Wildman–Crippen LogP) is 0.317. The van der Waals surface area contributed by atoms with Crippen LogP contribution in [0, 0.1) is 0 Å². The maximum Gasteiger partial charge on any atom is 0.0587 e. The Kier molecular flexibility index (Phi) is 4.58. The van der Waals surface area contributed by atoms with Crippen molar-refractivity contribution in [3.63, 3.8) is 0 Å². The van der Waals surface area contributed by atoms with Gasteiger partial charge in [0, 0.05) is 32.8 Å². The number of hydrogen-bond acceptors (Lipinski definition) is 3. The van der Waals surface area contributed by atoms with E-state index in [0.717, 1.165) is 32.3 Å². The van der Waals surface area contributed by atoms with Gasteiger partial charge in [-0.2, -0.15) is 0 Å². The second-order valence-electron chi connectivity index (χ2n) is 3.45. The molecule has 12 heavy (non-hydrogen) atoms. The summed E-state index contributed by atoms with van der Waals surface area (Å²) >= 11 is 0. The third-order valence-electron chi connectivity index (χ3n) is 2.29. The molecule has 0 radical (unpaired) electrons. The highest BCUT2D eigenvalue weighted by Gasteiger charge is 2.25. The van der Waals surface area contributed by atoms with Crippen molar-refractivity contribution in [2.24, 2.45) is 0 Å². The lowest BCUT2D eigenvalue weighted by Gasteiger charge is -2.15. The summed E-state index contributed by atoms with van der Waals surface area (Å²) in [5.74, 6) is 0. The number of rotatable bonds is 7. The standard InChI is InChI=1S/C9H20N2O/c1-11(9-3-4-9)7-5-10-6-8-12-2/h9-10H,3-8H2,1-2H3. The van der Waals surface area contributed by atoms with Crippen LogP contribution in [0.25, 0.3) is 0 Å². The maximum absolute atomic E-state index is 4.93. The van der Waals surface area contributed by atoms with Gasteiger partial charge in [0.2, 0.25) is 0 Å². The van der Waals surface area contributed by atoms with E-state index in [4.69, 9.17) is 4.74 Å². The zero-order chi connectivity index (χ0) is 8.81. The Morgan fingerprint density at radius 3 is 2.75 bits per heavy atom. The van der Waals surface area contributed by atoms with Gasteiger partial charge in [-0.15, -0.1) is 0 Å². The normalized spacial score (nSPS) is 17.2. The Morgan fingerprint density at radius 2 is 2.17 bits per heavy atom. The summed E-state index contributed by atoms with van der Waals surface area (Å²) in [6.07, 6.45) is 2.79. The molecule has 1 rings (SSSR count). The molecule has 0 saturated heterocycles. The topological polar surface area (TPSA) is 24.5 Å². The molecule has 72 valence electrons. The van der Waals surface area contributed by atoms with E-state index < -0.39 is 0 Å². The molecular weight excluding hydrogens is 152 g/mol. The van der Waals surface area contributed by atoms with E-state index in [-0.39, 0.29) is 0 Å². The van der Waals surface area contributed by atoms with Gasteiger partial charge in [-0.1, -0.05) is 0 Å². The molecule has 1 aliphatic rings. The van der Waals surface area contributed by atoms with Gasteiger partial charge >= 0.3 is 0 Å². The maximum atomic E-state index is 4.93. The molecule has 0 amide bonds. The molecule has 0 unspecified atom stereocenters. The van der Waals surface area contributed by atoms with E-state index in [0.29, 0.717) is 0 Å². The first-order valence-electron chi connectivity index (χ1n) is 4.74. The Morgan fingerprint density at radius 1 is 1.42 bits per heavy atom. The van der Waals surface area contributed by atoms with Gasteiger partial charge in [0.1, 0.15) is 0 Å². The number of methoxy groups -OCH3 is 1. The minimum absolute atomic E-state index is 0.813. The lowest BCUT2D eigenvalue weighted by atomic mass is 10.5. The van der Waals surface area contributed by atoms with Crippen LogP contribution >= 0.6 is 0 Å². The molecule has 1 fully saturated rings. The molecule has 0 atom stereocenters. The number of hydrogen-bond donors (Lipinski definition) is 1. The Hall–Kier alpha value is -0.120. The fraction of sp³-hybridized carbons (Fsp3) is 1.00. The van der Waals surface area contributed by atoms with Gasteiger partial charge in [0.15, 0.2) is 0 Å². The van der Waals surface area contributed by atoms with Crippen molar-refractivity contribution in [1.29, 1.82) is 0 Å². The second kappa shape index (κ2) is 5.51. The highest BCUT2D eigenvalue weighted by molar-refractivity contribution is 4.82. The molecule has 3 heteroatoms. The summed E-state index contributed by atoms with van der Waals surface area (Å²) < 4.78 is 4.93. The monoisotopic (exact) mass is 172 g/mol. The minimum Gasteiger partial charge on any atom is -0.383 e. The molecule has 0 bridgehead atoms. The third kappa shape index (κ3) is 4.04. The largest absolute Gasteiger partial charge is 0.383 e. The van der Waals surface area contributed by atoms with E-state index in [9.17, 15) is 0 Å². The lowest BCUT2D eigenvalue weighted by molar-refractivity contribution is 0.197. The zero-order valence-electron chi connectivity index (χ0n) is 8.18. The average Bonchev–Trinajstić information content (AvgIpc) is 2.86. The van der Waals surface area contributed by atoms with Gasteiger partial charge in [0.05, 0.1) is 6.61 Å². The first kappa shape index (κ1) is 9.96. The Bertz CT molecular complexity index is 115. The van der Waals surface area contributed by atoms with E-state index in [1.54, 1.807) is 7.11 Å². The molecule has 0 aromatic rings. The van der Waals surface area contributed by atoms with Gasteiger partial charge < -0.3 is 15.0 Å². The number of nitrogens with zero attached hydrogens (tertiary/aromatic N) is 1. The molecule has 1 N–H and O–H groups in total. The Labute approximate surface area is 75.1 Å². The molecule has 0 heterocycles. The molecule has 0 aromatic carbocycles. The molecule has 1 saturated carbocycles. The van der Waals surface area contributed by atoms with E-state index >= 15 is 0 Å². The van der Waals surface area contributed by atoms with Crippen molar-refractivity contribution in [3.05, 3.63) is 0 Å². The third-order valence-corrected chi connectivity index (χ3v) is 2.29. The summed E-state index contributed by atoms with van der Waals surface area (Å²) in [4.78, 5) is 2.43. The van der Waals surface area contributed by atoms with Crippen molar-refractivity contribution in [1.82, 2.24) is 10.2 Å². The predicted molar refractivity (Wildman–Crippen MR) is 50.4 cm³/mol. The lowest BCUT2D eigenvalue weighted by Crippen LogP contribution is -2.32. The van der Waals surface area contributed by atoms with Gasteiger partial charge in [-0.3, -0.25) is 0 Å². The van der Waals surface area contributed by atoms with Crippen LogP contribution in [0.2, 0.25) is 0 Å². The van der Waals surface area contributed by atoms with Crippen LogP contribution in [-0.4, -0.2) is 51.3 Å². The number of ether oxygens (including phenoxy) is 1. The first-order chi connectivity index (χ1) is 5.84. The first-order valence-corrected chi connectivity index (χ1v) is 4.74. The molecular formula is C9H20N2O. The Balaban J connectivity index is 1.81.